The van der Waals surface area contributed by atoms with Crippen molar-refractivity contribution in [2.75, 3.05) is 0 Å². The number of aromatic nitrogens is 3. The number of pyridine rings is 1. The van der Waals surface area contributed by atoms with E-state index in [-0.39, 0.29) is 17.5 Å². The lowest BCUT2D eigenvalue weighted by Crippen LogP contribution is -2.28. The maximum absolute atomic E-state index is 13.3. The van der Waals surface area contributed by atoms with Crippen LogP contribution in [0.4, 0.5) is 0 Å². The smallest absolute Gasteiger partial charge is 0.336 e. The molecule has 0 fully saturated rings. The van der Waals surface area contributed by atoms with Gasteiger partial charge in [0.15, 0.2) is 0 Å². The monoisotopic (exact) mass is 504 g/mol. The standard InChI is InChI=1S/C31H28N4O3/c1-3-8-25(20-10-5-4-6-11-20)35-30(36)21-13-14-22(24(17-21)31(37)38)28-19(2)9-7-12-23(28)29-33-26-15-16-32-18-27(26)34-29/h4-7,9-18,25H,3,8H2,1-2H3,(H,33,34)(H,35,36)(H,37,38). The van der Waals surface area contributed by atoms with E-state index in [1.807, 2.05) is 61.5 Å². The number of nitrogens with zero attached hydrogens (tertiary/aromatic N) is 2. The molecule has 0 aliphatic carbocycles. The third-order valence-corrected chi connectivity index (χ3v) is 6.68. The lowest BCUT2D eigenvalue weighted by molar-refractivity contribution is 0.0697. The highest BCUT2D eigenvalue weighted by atomic mass is 16.4. The molecule has 1 atom stereocenters. The Morgan fingerprint density at radius 1 is 1.00 bits per heavy atom. The molecule has 3 N–H and O–H groups in total. The Kier molecular flexibility index (Phi) is 7.00. The molecule has 0 bridgehead atoms. The van der Waals surface area contributed by atoms with Gasteiger partial charge in [-0.1, -0.05) is 67.9 Å². The van der Waals surface area contributed by atoms with Crippen molar-refractivity contribution in [3.8, 4) is 22.5 Å². The van der Waals surface area contributed by atoms with Crippen LogP contribution >= 0.6 is 0 Å². The van der Waals surface area contributed by atoms with Crippen LogP contribution in [0.1, 0.15) is 57.7 Å². The van der Waals surface area contributed by atoms with Crippen LogP contribution in [0.5, 0.6) is 0 Å². The number of carboxylic acids is 1. The molecule has 38 heavy (non-hydrogen) atoms. The number of aromatic amines is 1. The zero-order valence-electron chi connectivity index (χ0n) is 21.2. The molecule has 2 heterocycles. The molecule has 0 aliphatic rings. The molecular weight excluding hydrogens is 476 g/mol. The van der Waals surface area contributed by atoms with Gasteiger partial charge in [-0.25, -0.2) is 9.78 Å². The fourth-order valence-electron chi connectivity index (χ4n) is 4.83. The number of hydrogen-bond donors (Lipinski definition) is 3. The average Bonchev–Trinajstić information content (AvgIpc) is 3.37. The maximum Gasteiger partial charge on any atom is 0.336 e. The van der Waals surface area contributed by atoms with Crippen molar-refractivity contribution < 1.29 is 14.7 Å². The van der Waals surface area contributed by atoms with E-state index < -0.39 is 5.97 Å². The first-order valence-electron chi connectivity index (χ1n) is 12.6. The van der Waals surface area contributed by atoms with Gasteiger partial charge in [-0.3, -0.25) is 9.78 Å². The third kappa shape index (κ3) is 4.91. The molecule has 7 heteroatoms. The highest BCUT2D eigenvalue weighted by Crippen LogP contribution is 2.36. The number of H-pyrrole nitrogens is 1. The highest BCUT2D eigenvalue weighted by molar-refractivity contribution is 6.03. The summed E-state index contributed by atoms with van der Waals surface area (Å²) in [7, 11) is 0. The van der Waals surface area contributed by atoms with Crippen LogP contribution in [0.3, 0.4) is 0 Å². The van der Waals surface area contributed by atoms with Gasteiger partial charge in [0.25, 0.3) is 5.91 Å². The average molecular weight is 505 g/mol. The largest absolute Gasteiger partial charge is 0.478 e. The van der Waals surface area contributed by atoms with Crippen LogP contribution < -0.4 is 5.32 Å². The number of benzene rings is 3. The Balaban J connectivity index is 1.55. The summed E-state index contributed by atoms with van der Waals surface area (Å²) in [5.74, 6) is -0.794. The van der Waals surface area contributed by atoms with E-state index in [2.05, 4.69) is 27.2 Å². The molecule has 0 saturated heterocycles. The number of rotatable bonds is 8. The number of amides is 1. The summed E-state index contributed by atoms with van der Waals surface area (Å²) >= 11 is 0. The van der Waals surface area contributed by atoms with Gasteiger partial charge in [0.2, 0.25) is 0 Å². The molecule has 3 aromatic carbocycles. The Hall–Kier alpha value is -4.78. The molecule has 190 valence electrons. The molecule has 0 aliphatic heterocycles. The number of imidazole rings is 1. The van der Waals surface area contributed by atoms with Crippen molar-refractivity contribution in [1.82, 2.24) is 20.3 Å². The van der Waals surface area contributed by atoms with Gasteiger partial charge in [-0.15, -0.1) is 0 Å². The summed E-state index contributed by atoms with van der Waals surface area (Å²) in [6.45, 7) is 4.00. The number of hydrogen-bond acceptors (Lipinski definition) is 4. The zero-order valence-corrected chi connectivity index (χ0v) is 21.2. The Morgan fingerprint density at radius 3 is 2.55 bits per heavy atom. The van der Waals surface area contributed by atoms with Gasteiger partial charge in [0.1, 0.15) is 11.3 Å². The number of fused-ring (bicyclic) bond motifs is 1. The highest BCUT2D eigenvalue weighted by Gasteiger charge is 2.22. The van der Waals surface area contributed by atoms with Crippen molar-refractivity contribution in [2.24, 2.45) is 0 Å². The fraction of sp³-hybridized carbons (Fsp3) is 0.161. The van der Waals surface area contributed by atoms with Gasteiger partial charge in [0.05, 0.1) is 23.3 Å². The van der Waals surface area contributed by atoms with Crippen molar-refractivity contribution in [3.05, 3.63) is 107 Å². The second kappa shape index (κ2) is 10.7. The Morgan fingerprint density at radius 2 is 1.82 bits per heavy atom. The van der Waals surface area contributed by atoms with E-state index in [1.54, 1.807) is 24.5 Å². The zero-order chi connectivity index (χ0) is 26.6. The summed E-state index contributed by atoms with van der Waals surface area (Å²) in [5, 5.41) is 13.3. The van der Waals surface area contributed by atoms with Crippen LogP contribution in [-0.4, -0.2) is 31.9 Å². The maximum atomic E-state index is 13.3. The van der Waals surface area contributed by atoms with E-state index in [9.17, 15) is 14.7 Å². The van der Waals surface area contributed by atoms with Gasteiger partial charge in [-0.05, 0) is 53.8 Å². The van der Waals surface area contributed by atoms with Gasteiger partial charge in [0, 0.05) is 17.3 Å². The minimum absolute atomic E-state index is 0.0535. The predicted octanol–water partition coefficient (Wildman–Crippen LogP) is 6.57. The van der Waals surface area contributed by atoms with Crippen molar-refractivity contribution in [2.45, 2.75) is 32.7 Å². The summed E-state index contributed by atoms with van der Waals surface area (Å²) in [6, 6.07) is 22.1. The topological polar surface area (TPSA) is 108 Å². The summed E-state index contributed by atoms with van der Waals surface area (Å²) in [6.07, 6.45) is 5.05. The van der Waals surface area contributed by atoms with E-state index in [0.29, 0.717) is 17.0 Å². The minimum atomic E-state index is -1.11. The second-order valence-electron chi connectivity index (χ2n) is 9.27. The lowest BCUT2D eigenvalue weighted by atomic mass is 9.90. The first-order chi connectivity index (χ1) is 18.5. The molecule has 0 saturated carbocycles. The molecular formula is C31H28N4O3. The molecule has 5 aromatic rings. The summed E-state index contributed by atoms with van der Waals surface area (Å²) in [5.41, 5.74) is 5.87. The summed E-state index contributed by atoms with van der Waals surface area (Å²) in [4.78, 5) is 37.8. The number of nitrogens with one attached hydrogen (secondary N) is 2. The Bertz CT molecular complexity index is 1590. The van der Waals surface area contributed by atoms with E-state index >= 15 is 0 Å². The molecule has 5 rings (SSSR count). The molecule has 1 amide bonds. The first kappa shape index (κ1) is 24.9. The van der Waals surface area contributed by atoms with Gasteiger partial charge in [-0.2, -0.15) is 0 Å². The molecule has 1 unspecified atom stereocenters. The van der Waals surface area contributed by atoms with Gasteiger partial charge >= 0.3 is 5.97 Å². The number of carbonyl (C=O) groups is 2. The normalized spacial score (nSPS) is 11.8. The summed E-state index contributed by atoms with van der Waals surface area (Å²) < 4.78 is 0. The molecule has 0 radical (unpaired) electrons. The molecule has 0 spiro atoms. The van der Waals surface area contributed by atoms with Crippen LogP contribution in [0.25, 0.3) is 33.5 Å². The van der Waals surface area contributed by atoms with Gasteiger partial charge < -0.3 is 15.4 Å². The van der Waals surface area contributed by atoms with Crippen molar-refractivity contribution in [3.63, 3.8) is 0 Å². The minimum Gasteiger partial charge on any atom is -0.478 e. The number of carbonyl (C=O) groups excluding carboxylic acids is 1. The predicted molar refractivity (Wildman–Crippen MR) is 148 cm³/mol. The SMILES string of the molecule is CCCC(NC(=O)c1ccc(-c2c(C)cccc2-c2nc3cnccc3[nH]2)c(C(=O)O)c1)c1ccccc1. The van der Waals surface area contributed by atoms with Crippen molar-refractivity contribution >= 4 is 22.9 Å². The van der Waals surface area contributed by atoms with Crippen LogP contribution in [0.15, 0.2) is 85.2 Å². The number of carboxylic acid groups (broad SMARTS) is 1. The van der Waals surface area contributed by atoms with Crippen LogP contribution in [0, 0.1) is 6.92 Å². The Labute approximate surface area is 220 Å². The quantitative estimate of drug-likeness (QED) is 0.221. The number of aryl methyl sites for hydroxylation is 1. The molecule has 2 aromatic heterocycles. The van der Waals surface area contributed by atoms with E-state index in [4.69, 9.17) is 0 Å². The second-order valence-corrected chi connectivity index (χ2v) is 9.27. The van der Waals surface area contributed by atoms with Crippen molar-refractivity contribution in [1.29, 1.82) is 0 Å². The first-order valence-corrected chi connectivity index (χ1v) is 12.6. The van der Waals surface area contributed by atoms with Crippen LogP contribution in [-0.2, 0) is 0 Å². The van der Waals surface area contributed by atoms with E-state index in [0.717, 1.165) is 46.1 Å². The lowest BCUT2D eigenvalue weighted by Gasteiger charge is -2.19. The fourth-order valence-corrected chi connectivity index (χ4v) is 4.83. The third-order valence-electron chi connectivity index (χ3n) is 6.68. The number of aromatic carboxylic acids is 1. The molecule has 7 nitrogen and oxygen atoms in total. The van der Waals surface area contributed by atoms with E-state index in [1.165, 1.54) is 6.07 Å². The van der Waals surface area contributed by atoms with Crippen LogP contribution in [0.2, 0.25) is 0 Å².